The van der Waals surface area contributed by atoms with Crippen LogP contribution in [-0.2, 0) is 24.2 Å². The Hall–Kier alpha value is -4.38. The molecular formula is C37H41N3O2. The van der Waals surface area contributed by atoms with Crippen molar-refractivity contribution in [3.8, 4) is 16.9 Å². The number of aryl methyl sites for hydroxylation is 2. The lowest BCUT2D eigenvalue weighted by atomic mass is 10.0. The molecule has 5 rings (SSSR count). The second kappa shape index (κ2) is 14.0. The van der Waals surface area contributed by atoms with Crippen molar-refractivity contribution in [1.82, 2.24) is 14.9 Å². The van der Waals surface area contributed by atoms with Crippen LogP contribution >= 0.6 is 0 Å². The normalized spacial score (nSPS) is 11.2. The number of aromatic nitrogens is 2. The minimum atomic E-state index is 0.0270. The lowest BCUT2D eigenvalue weighted by molar-refractivity contribution is -0.120. The van der Waals surface area contributed by atoms with Crippen LogP contribution in [0.4, 0.5) is 0 Å². The van der Waals surface area contributed by atoms with Crippen molar-refractivity contribution in [1.29, 1.82) is 0 Å². The molecule has 4 aromatic carbocycles. The van der Waals surface area contributed by atoms with Crippen LogP contribution in [0.2, 0.25) is 0 Å². The van der Waals surface area contributed by atoms with Gasteiger partial charge in [-0.1, -0.05) is 92.7 Å². The summed E-state index contributed by atoms with van der Waals surface area (Å²) in [7, 11) is 0. The molecule has 0 radical (unpaired) electrons. The van der Waals surface area contributed by atoms with Crippen molar-refractivity contribution >= 4 is 16.9 Å². The van der Waals surface area contributed by atoms with Crippen LogP contribution in [0.15, 0.2) is 97.1 Å². The summed E-state index contributed by atoms with van der Waals surface area (Å²) in [4.78, 5) is 17.6. The minimum Gasteiger partial charge on any atom is -0.493 e. The Balaban J connectivity index is 1.13. The lowest BCUT2D eigenvalue weighted by Crippen LogP contribution is -2.28. The third-order valence-electron chi connectivity index (χ3n) is 7.65. The molecule has 1 N–H and O–H groups in total. The van der Waals surface area contributed by atoms with Crippen molar-refractivity contribution in [2.75, 3.05) is 13.2 Å². The first-order chi connectivity index (χ1) is 20.5. The molecule has 0 aliphatic rings. The maximum absolute atomic E-state index is 12.7. The smallest absolute Gasteiger partial charge is 0.224 e. The summed E-state index contributed by atoms with van der Waals surface area (Å²) in [5, 5.41) is 3.10. The van der Waals surface area contributed by atoms with Gasteiger partial charge in [-0.15, -0.1) is 0 Å². The Morgan fingerprint density at radius 2 is 1.62 bits per heavy atom. The van der Waals surface area contributed by atoms with Gasteiger partial charge < -0.3 is 14.6 Å². The fourth-order valence-electron chi connectivity index (χ4n) is 5.37. The molecule has 5 nitrogen and oxygen atoms in total. The van der Waals surface area contributed by atoms with E-state index in [1.807, 2.05) is 36.4 Å². The van der Waals surface area contributed by atoms with Crippen molar-refractivity contribution < 1.29 is 9.53 Å². The van der Waals surface area contributed by atoms with E-state index >= 15 is 0 Å². The van der Waals surface area contributed by atoms with Gasteiger partial charge in [-0.3, -0.25) is 4.79 Å². The van der Waals surface area contributed by atoms with Gasteiger partial charge in [0.15, 0.2) is 0 Å². The quantitative estimate of drug-likeness (QED) is 0.149. The monoisotopic (exact) mass is 559 g/mol. The molecule has 0 aliphatic heterocycles. The summed E-state index contributed by atoms with van der Waals surface area (Å²) < 4.78 is 8.51. The standard InChI is InChI=1S/C37H41N3O2/c1-27(2)32-20-15-28(3)25-35(32)42-24-10-9-23-40-34-14-8-7-13-33(34)39-36(40)21-22-38-37(41)26-29-16-18-31(19-17-29)30-11-5-4-6-12-30/h4-8,11-20,25,27H,9-10,21-24,26H2,1-3H3,(H,38,41). The Morgan fingerprint density at radius 1 is 0.881 bits per heavy atom. The van der Waals surface area contributed by atoms with E-state index in [9.17, 15) is 4.79 Å². The third kappa shape index (κ3) is 7.47. The number of unbranched alkanes of at least 4 members (excludes halogenated alkanes) is 1. The van der Waals surface area contributed by atoms with Crippen molar-refractivity contribution in [2.24, 2.45) is 0 Å². The number of rotatable bonds is 13. The number of nitrogens with zero attached hydrogens (tertiary/aromatic N) is 2. The molecule has 0 fully saturated rings. The second-order valence-corrected chi connectivity index (χ2v) is 11.3. The number of carbonyl (C=O) groups excluding carboxylic acids is 1. The van der Waals surface area contributed by atoms with Crippen LogP contribution in [0, 0.1) is 6.92 Å². The van der Waals surface area contributed by atoms with E-state index in [0.717, 1.165) is 53.1 Å². The number of benzene rings is 4. The number of hydrogen-bond acceptors (Lipinski definition) is 3. The van der Waals surface area contributed by atoms with E-state index in [4.69, 9.17) is 9.72 Å². The Morgan fingerprint density at radius 3 is 2.40 bits per heavy atom. The van der Waals surface area contributed by atoms with Gasteiger partial charge in [-0.05, 0) is 71.7 Å². The van der Waals surface area contributed by atoms with E-state index in [1.54, 1.807) is 0 Å². The van der Waals surface area contributed by atoms with Gasteiger partial charge in [-0.25, -0.2) is 4.98 Å². The number of amides is 1. The molecule has 0 saturated carbocycles. The zero-order valence-corrected chi connectivity index (χ0v) is 25.0. The molecule has 5 heteroatoms. The molecule has 0 aliphatic carbocycles. The van der Waals surface area contributed by atoms with Crippen LogP contribution in [0.5, 0.6) is 5.75 Å². The van der Waals surface area contributed by atoms with Crippen LogP contribution in [0.25, 0.3) is 22.2 Å². The van der Waals surface area contributed by atoms with Gasteiger partial charge >= 0.3 is 0 Å². The SMILES string of the molecule is Cc1ccc(C(C)C)c(OCCCCn2c(CCNC(=O)Cc3ccc(-c4ccccc4)cc3)nc3ccccc32)c1. The van der Waals surface area contributed by atoms with E-state index < -0.39 is 0 Å². The van der Waals surface area contributed by atoms with Crippen molar-refractivity contribution in [3.05, 3.63) is 120 Å². The molecule has 0 saturated heterocycles. The number of para-hydroxylation sites is 2. The Labute approximate surface area is 249 Å². The first-order valence-corrected chi connectivity index (χ1v) is 15.1. The van der Waals surface area contributed by atoms with Crippen LogP contribution < -0.4 is 10.1 Å². The summed E-state index contributed by atoms with van der Waals surface area (Å²) >= 11 is 0. The number of hydrogen-bond donors (Lipinski definition) is 1. The van der Waals surface area contributed by atoms with E-state index in [0.29, 0.717) is 31.9 Å². The molecule has 1 amide bonds. The molecule has 1 heterocycles. The van der Waals surface area contributed by atoms with Crippen molar-refractivity contribution in [2.45, 2.75) is 58.9 Å². The molecule has 5 aromatic rings. The molecule has 42 heavy (non-hydrogen) atoms. The highest BCUT2D eigenvalue weighted by Gasteiger charge is 2.12. The fraction of sp³-hybridized carbons (Fsp3) is 0.297. The van der Waals surface area contributed by atoms with E-state index in [1.165, 1.54) is 16.7 Å². The fourth-order valence-corrected chi connectivity index (χ4v) is 5.37. The molecule has 216 valence electrons. The molecule has 0 bridgehead atoms. The summed E-state index contributed by atoms with van der Waals surface area (Å²) in [6.45, 7) is 8.62. The zero-order valence-electron chi connectivity index (χ0n) is 25.0. The summed E-state index contributed by atoms with van der Waals surface area (Å²) in [5.41, 5.74) is 7.95. The number of imidazole rings is 1. The highest BCUT2D eigenvalue weighted by atomic mass is 16.5. The second-order valence-electron chi connectivity index (χ2n) is 11.3. The van der Waals surface area contributed by atoms with Gasteiger partial charge in [0.1, 0.15) is 11.6 Å². The maximum Gasteiger partial charge on any atom is 0.224 e. The first kappa shape index (κ1) is 29.1. The number of ether oxygens (including phenoxy) is 1. The molecule has 1 aromatic heterocycles. The van der Waals surface area contributed by atoms with E-state index in [-0.39, 0.29) is 5.91 Å². The predicted molar refractivity (Wildman–Crippen MR) is 172 cm³/mol. The third-order valence-corrected chi connectivity index (χ3v) is 7.65. The number of carbonyl (C=O) groups is 1. The average Bonchev–Trinajstić information content (AvgIpc) is 3.35. The molecule has 0 spiro atoms. The highest BCUT2D eigenvalue weighted by molar-refractivity contribution is 5.79. The van der Waals surface area contributed by atoms with Crippen molar-refractivity contribution in [3.63, 3.8) is 0 Å². The van der Waals surface area contributed by atoms with Crippen LogP contribution in [0.1, 0.15) is 55.1 Å². The largest absolute Gasteiger partial charge is 0.493 e. The zero-order chi connectivity index (χ0) is 29.3. The lowest BCUT2D eigenvalue weighted by Gasteiger charge is -2.15. The van der Waals surface area contributed by atoms with Gasteiger partial charge in [-0.2, -0.15) is 0 Å². The van der Waals surface area contributed by atoms with Crippen LogP contribution in [-0.4, -0.2) is 28.6 Å². The number of nitrogens with one attached hydrogen (secondary N) is 1. The Kier molecular flexibility index (Phi) is 9.70. The van der Waals surface area contributed by atoms with Gasteiger partial charge in [0, 0.05) is 19.5 Å². The first-order valence-electron chi connectivity index (χ1n) is 15.1. The van der Waals surface area contributed by atoms with Crippen LogP contribution in [0.3, 0.4) is 0 Å². The van der Waals surface area contributed by atoms with E-state index in [2.05, 4.69) is 91.3 Å². The average molecular weight is 560 g/mol. The highest BCUT2D eigenvalue weighted by Crippen LogP contribution is 2.28. The van der Waals surface area contributed by atoms with Gasteiger partial charge in [0.05, 0.1) is 24.1 Å². The van der Waals surface area contributed by atoms with Gasteiger partial charge in [0.2, 0.25) is 5.91 Å². The van der Waals surface area contributed by atoms with Gasteiger partial charge in [0.25, 0.3) is 0 Å². The topological polar surface area (TPSA) is 56.1 Å². The maximum atomic E-state index is 12.7. The molecule has 0 atom stereocenters. The number of fused-ring (bicyclic) bond motifs is 1. The molecular weight excluding hydrogens is 518 g/mol. The minimum absolute atomic E-state index is 0.0270. The Bertz CT molecular complexity index is 1600. The molecule has 0 unspecified atom stereocenters. The summed E-state index contributed by atoms with van der Waals surface area (Å²) in [6, 6.07) is 33.2. The summed E-state index contributed by atoms with van der Waals surface area (Å²) in [6.07, 6.45) is 2.99. The predicted octanol–water partition coefficient (Wildman–Crippen LogP) is 7.90. The summed E-state index contributed by atoms with van der Waals surface area (Å²) in [5.74, 6) is 2.47.